The number of benzene rings is 2. The van der Waals surface area contributed by atoms with Crippen molar-refractivity contribution in [3.8, 4) is 0 Å². The van der Waals surface area contributed by atoms with Crippen LogP contribution in [0.5, 0.6) is 0 Å². The number of amides is 1. The summed E-state index contributed by atoms with van der Waals surface area (Å²) in [5, 5.41) is 6.97. The normalized spacial score (nSPS) is 27.7. The van der Waals surface area contributed by atoms with Gasteiger partial charge < -0.3 is 10.6 Å². The number of rotatable bonds is 6. The largest absolute Gasteiger partial charge is 0.349 e. The van der Waals surface area contributed by atoms with E-state index in [0.717, 1.165) is 30.9 Å². The molecular weight excluding hydrogens is 320 g/mol. The zero-order chi connectivity index (χ0) is 17.8. The lowest BCUT2D eigenvalue weighted by Gasteiger charge is -2.29. The Bertz CT molecular complexity index is 708. The summed E-state index contributed by atoms with van der Waals surface area (Å²) >= 11 is 0. The van der Waals surface area contributed by atoms with Crippen LogP contribution in [0.4, 0.5) is 0 Å². The number of hydrogen-bond acceptors (Lipinski definition) is 2. The highest BCUT2D eigenvalue weighted by Crippen LogP contribution is 2.40. The van der Waals surface area contributed by atoms with Crippen molar-refractivity contribution >= 4 is 5.91 Å². The first-order valence-corrected chi connectivity index (χ1v) is 9.94. The smallest absolute Gasteiger partial charge is 0.251 e. The lowest BCUT2D eigenvalue weighted by molar-refractivity contribution is 0.0922. The van der Waals surface area contributed by atoms with Crippen LogP contribution in [-0.2, 0) is 0 Å². The van der Waals surface area contributed by atoms with Gasteiger partial charge in [0.1, 0.15) is 0 Å². The van der Waals surface area contributed by atoms with Gasteiger partial charge in [0.25, 0.3) is 5.91 Å². The van der Waals surface area contributed by atoms with Gasteiger partial charge in [0.05, 0.1) is 0 Å². The molecule has 0 aromatic heterocycles. The Hall–Kier alpha value is -2.13. The van der Waals surface area contributed by atoms with Crippen molar-refractivity contribution in [2.75, 3.05) is 6.54 Å². The van der Waals surface area contributed by atoms with Gasteiger partial charge in [-0.25, -0.2) is 0 Å². The van der Waals surface area contributed by atoms with Crippen molar-refractivity contribution in [2.24, 2.45) is 5.92 Å². The molecule has 2 aromatic rings. The Morgan fingerprint density at radius 3 is 2.23 bits per heavy atom. The number of nitrogens with one attached hydrogen (secondary N) is 2. The fourth-order valence-corrected chi connectivity index (χ4v) is 4.18. The summed E-state index contributed by atoms with van der Waals surface area (Å²) in [5.41, 5.74) is 2.23. The summed E-state index contributed by atoms with van der Waals surface area (Å²) in [6.07, 6.45) is 5.87. The molecule has 3 nitrogen and oxygen atoms in total. The van der Waals surface area contributed by atoms with Gasteiger partial charge in [-0.15, -0.1) is 0 Å². The quantitative estimate of drug-likeness (QED) is 0.824. The molecule has 0 radical (unpaired) electrons. The van der Waals surface area contributed by atoms with Crippen LogP contribution in [-0.4, -0.2) is 24.5 Å². The van der Waals surface area contributed by atoms with E-state index in [1.54, 1.807) is 0 Å². The zero-order valence-corrected chi connectivity index (χ0v) is 15.2. The minimum atomic E-state index is 0.0656. The van der Waals surface area contributed by atoms with Crippen molar-refractivity contribution < 1.29 is 4.79 Å². The maximum Gasteiger partial charge on any atom is 0.251 e. The third-order valence-corrected chi connectivity index (χ3v) is 5.90. The molecule has 0 saturated heterocycles. The molecule has 26 heavy (non-hydrogen) atoms. The Morgan fingerprint density at radius 1 is 0.885 bits per heavy atom. The first-order valence-electron chi connectivity index (χ1n) is 9.94. The van der Waals surface area contributed by atoms with E-state index in [1.165, 1.54) is 24.8 Å². The topological polar surface area (TPSA) is 41.1 Å². The molecule has 3 heteroatoms. The molecule has 2 aliphatic carbocycles. The number of carbonyl (C=O) groups excluding carboxylic acids is 1. The van der Waals surface area contributed by atoms with Gasteiger partial charge in [-0.2, -0.15) is 0 Å². The first kappa shape index (κ1) is 17.3. The van der Waals surface area contributed by atoms with Crippen LogP contribution < -0.4 is 10.6 Å². The SMILES string of the molecule is O=C(NC1CCC(CNC2CC2c2ccccc2)CC1)c1ccccc1. The van der Waals surface area contributed by atoms with E-state index in [0.29, 0.717) is 18.0 Å². The molecule has 0 heterocycles. The highest BCUT2D eigenvalue weighted by atomic mass is 16.1. The van der Waals surface area contributed by atoms with E-state index in [4.69, 9.17) is 0 Å². The van der Waals surface area contributed by atoms with Crippen LogP contribution in [0.15, 0.2) is 60.7 Å². The molecule has 0 aliphatic heterocycles. The summed E-state index contributed by atoms with van der Waals surface area (Å²) in [4.78, 5) is 12.3. The van der Waals surface area contributed by atoms with Gasteiger partial charge in [0, 0.05) is 23.6 Å². The maximum atomic E-state index is 12.3. The predicted molar refractivity (Wildman–Crippen MR) is 105 cm³/mol. The summed E-state index contributed by atoms with van der Waals surface area (Å²) in [6.45, 7) is 1.12. The molecule has 0 bridgehead atoms. The van der Waals surface area contributed by atoms with Gasteiger partial charge in [0.2, 0.25) is 0 Å². The van der Waals surface area contributed by atoms with Crippen molar-refractivity contribution in [3.05, 3.63) is 71.8 Å². The molecule has 2 fully saturated rings. The molecule has 2 unspecified atom stereocenters. The van der Waals surface area contributed by atoms with Crippen molar-refractivity contribution in [1.82, 2.24) is 10.6 Å². The van der Waals surface area contributed by atoms with Crippen LogP contribution >= 0.6 is 0 Å². The summed E-state index contributed by atoms with van der Waals surface area (Å²) in [6, 6.07) is 21.4. The number of carbonyl (C=O) groups is 1. The molecule has 2 atom stereocenters. The van der Waals surface area contributed by atoms with Crippen LogP contribution in [0, 0.1) is 5.92 Å². The Kier molecular flexibility index (Phi) is 5.35. The fourth-order valence-electron chi connectivity index (χ4n) is 4.18. The van der Waals surface area contributed by atoms with Crippen molar-refractivity contribution in [1.29, 1.82) is 0 Å². The summed E-state index contributed by atoms with van der Waals surface area (Å²) in [7, 11) is 0. The second-order valence-electron chi connectivity index (χ2n) is 7.82. The molecule has 2 aliphatic rings. The van der Waals surface area contributed by atoms with E-state index >= 15 is 0 Å². The molecule has 1 amide bonds. The van der Waals surface area contributed by atoms with E-state index in [-0.39, 0.29) is 5.91 Å². The minimum absolute atomic E-state index is 0.0656. The average molecular weight is 348 g/mol. The maximum absolute atomic E-state index is 12.3. The van der Waals surface area contributed by atoms with E-state index in [9.17, 15) is 4.79 Å². The Labute approximate surface area is 156 Å². The highest BCUT2D eigenvalue weighted by Gasteiger charge is 2.38. The van der Waals surface area contributed by atoms with Gasteiger partial charge in [-0.05, 0) is 62.3 Å². The van der Waals surface area contributed by atoms with Crippen LogP contribution in [0.2, 0.25) is 0 Å². The van der Waals surface area contributed by atoms with Gasteiger partial charge in [0.15, 0.2) is 0 Å². The molecular formula is C23H28N2O. The molecule has 4 rings (SSSR count). The summed E-state index contributed by atoms with van der Waals surface area (Å²) < 4.78 is 0. The molecule has 136 valence electrons. The standard InChI is InChI=1S/C23H28N2O/c26-23(19-9-5-2-6-10-19)25-20-13-11-17(12-14-20)16-24-22-15-21(22)18-7-3-1-4-8-18/h1-10,17,20-22,24H,11-16H2,(H,25,26). The van der Waals surface area contributed by atoms with Crippen molar-refractivity contribution in [2.45, 2.75) is 50.1 Å². The first-order chi connectivity index (χ1) is 12.8. The lowest BCUT2D eigenvalue weighted by atomic mass is 9.86. The monoisotopic (exact) mass is 348 g/mol. The second-order valence-corrected chi connectivity index (χ2v) is 7.82. The Balaban J connectivity index is 1.16. The van der Waals surface area contributed by atoms with Crippen molar-refractivity contribution in [3.63, 3.8) is 0 Å². The van der Waals surface area contributed by atoms with Crippen LogP contribution in [0.1, 0.15) is 53.9 Å². The van der Waals surface area contributed by atoms with E-state index < -0.39 is 0 Å². The third-order valence-electron chi connectivity index (χ3n) is 5.90. The zero-order valence-electron chi connectivity index (χ0n) is 15.2. The summed E-state index contributed by atoms with van der Waals surface area (Å²) in [5.74, 6) is 1.52. The van der Waals surface area contributed by atoms with Gasteiger partial charge in [-0.1, -0.05) is 48.5 Å². The Morgan fingerprint density at radius 2 is 1.54 bits per heavy atom. The molecule has 2 aromatic carbocycles. The lowest BCUT2D eigenvalue weighted by Crippen LogP contribution is -2.39. The van der Waals surface area contributed by atoms with Crippen LogP contribution in [0.25, 0.3) is 0 Å². The van der Waals surface area contributed by atoms with E-state index in [1.807, 2.05) is 30.3 Å². The van der Waals surface area contributed by atoms with Gasteiger partial charge >= 0.3 is 0 Å². The third kappa shape index (κ3) is 4.34. The number of hydrogen-bond donors (Lipinski definition) is 2. The van der Waals surface area contributed by atoms with E-state index in [2.05, 4.69) is 41.0 Å². The second kappa shape index (κ2) is 8.05. The molecule has 2 N–H and O–H groups in total. The molecule has 0 spiro atoms. The minimum Gasteiger partial charge on any atom is -0.349 e. The molecule has 2 saturated carbocycles. The average Bonchev–Trinajstić information content (AvgIpc) is 3.48. The van der Waals surface area contributed by atoms with Gasteiger partial charge in [-0.3, -0.25) is 4.79 Å². The highest BCUT2D eigenvalue weighted by molar-refractivity contribution is 5.94. The van der Waals surface area contributed by atoms with Crippen LogP contribution in [0.3, 0.4) is 0 Å². The fraction of sp³-hybridized carbons (Fsp3) is 0.435. The predicted octanol–water partition coefficient (Wildman–Crippen LogP) is 4.12.